The molecule has 1 atom stereocenters. The smallest absolute Gasteiger partial charge is 0.242 e. The van der Waals surface area contributed by atoms with Crippen molar-refractivity contribution in [1.29, 1.82) is 0 Å². The second kappa shape index (κ2) is 8.08. The molecule has 0 radical (unpaired) electrons. The number of hydrogen-bond acceptors (Lipinski definition) is 3. The third kappa shape index (κ3) is 3.48. The van der Waals surface area contributed by atoms with Crippen molar-refractivity contribution in [2.24, 2.45) is 5.92 Å². The van der Waals surface area contributed by atoms with E-state index >= 15 is 0 Å². The molecule has 2 heterocycles. The first-order valence-electron chi connectivity index (χ1n) is 10.3. The van der Waals surface area contributed by atoms with E-state index in [4.69, 9.17) is 0 Å². The van der Waals surface area contributed by atoms with E-state index in [-0.39, 0.29) is 30.3 Å². The highest BCUT2D eigenvalue weighted by atomic mass is 32.1. The van der Waals surface area contributed by atoms with Crippen molar-refractivity contribution in [2.75, 3.05) is 19.6 Å². The van der Waals surface area contributed by atoms with Gasteiger partial charge in [0.1, 0.15) is 0 Å². The van der Waals surface area contributed by atoms with E-state index in [1.54, 1.807) is 16.2 Å². The SMILES string of the molecule is CCN(CC(=O)N1CCc2sccc2[C@H]1c1ccccc1C)C(=O)C1CCC1. The topological polar surface area (TPSA) is 40.6 Å². The number of carbonyl (C=O) groups excluding carboxylic acids is 2. The predicted octanol–water partition coefficient (Wildman–Crippen LogP) is 4.18. The third-order valence-electron chi connectivity index (χ3n) is 6.24. The maximum Gasteiger partial charge on any atom is 0.242 e. The molecule has 2 amide bonds. The summed E-state index contributed by atoms with van der Waals surface area (Å²) in [7, 11) is 0. The normalized spacial score (nSPS) is 19.1. The van der Waals surface area contributed by atoms with E-state index in [2.05, 4.69) is 30.5 Å². The molecule has 0 N–H and O–H groups in total. The fourth-order valence-electron chi connectivity index (χ4n) is 4.33. The number of hydrogen-bond donors (Lipinski definition) is 0. The van der Waals surface area contributed by atoms with Gasteiger partial charge in [-0.25, -0.2) is 0 Å². The number of rotatable bonds is 5. The Morgan fingerprint density at radius 3 is 2.64 bits per heavy atom. The number of likely N-dealkylation sites (N-methyl/N-ethyl adjacent to an activating group) is 1. The van der Waals surface area contributed by atoms with Crippen LogP contribution in [0.3, 0.4) is 0 Å². The lowest BCUT2D eigenvalue weighted by Gasteiger charge is -2.39. The lowest BCUT2D eigenvalue weighted by Crippen LogP contribution is -2.48. The standard InChI is InChI=1S/C23H28N2O2S/c1-3-24(23(27)17-8-6-9-17)15-21(26)25-13-11-20-19(12-14-28-20)22(25)18-10-5-4-7-16(18)2/h4-5,7,10,12,14,17,22H,3,6,8-9,11,13,15H2,1-2H3/t22-/m1/s1. The van der Waals surface area contributed by atoms with Crippen LogP contribution in [0.2, 0.25) is 0 Å². The molecular weight excluding hydrogens is 368 g/mol. The number of nitrogens with zero attached hydrogens (tertiary/aromatic N) is 2. The second-order valence-corrected chi connectivity index (χ2v) is 8.88. The van der Waals surface area contributed by atoms with Gasteiger partial charge in [-0.2, -0.15) is 0 Å². The van der Waals surface area contributed by atoms with Crippen molar-refractivity contribution >= 4 is 23.2 Å². The van der Waals surface area contributed by atoms with Gasteiger partial charge in [0.25, 0.3) is 0 Å². The first-order valence-corrected chi connectivity index (χ1v) is 11.2. The average Bonchev–Trinajstić information content (AvgIpc) is 3.13. The predicted molar refractivity (Wildman–Crippen MR) is 112 cm³/mol. The molecule has 0 unspecified atom stereocenters. The zero-order valence-electron chi connectivity index (χ0n) is 16.7. The van der Waals surface area contributed by atoms with Crippen LogP contribution in [0.25, 0.3) is 0 Å². The Bertz CT molecular complexity index is 871. The lowest BCUT2D eigenvalue weighted by molar-refractivity contribution is -0.145. The van der Waals surface area contributed by atoms with Crippen molar-refractivity contribution in [2.45, 2.75) is 45.6 Å². The molecule has 0 saturated heterocycles. The van der Waals surface area contributed by atoms with Crippen LogP contribution in [0.5, 0.6) is 0 Å². The van der Waals surface area contributed by atoms with Gasteiger partial charge in [-0.15, -0.1) is 11.3 Å². The van der Waals surface area contributed by atoms with Crippen LogP contribution >= 0.6 is 11.3 Å². The molecular formula is C23H28N2O2S. The molecule has 148 valence electrons. The molecule has 1 aromatic heterocycles. The highest BCUT2D eigenvalue weighted by Crippen LogP contribution is 2.39. The highest BCUT2D eigenvalue weighted by Gasteiger charge is 2.35. The molecule has 1 aromatic carbocycles. The van der Waals surface area contributed by atoms with Gasteiger partial charge >= 0.3 is 0 Å². The fourth-order valence-corrected chi connectivity index (χ4v) is 5.23. The summed E-state index contributed by atoms with van der Waals surface area (Å²) in [5, 5.41) is 2.13. The summed E-state index contributed by atoms with van der Waals surface area (Å²) in [4.78, 5) is 31.2. The largest absolute Gasteiger partial charge is 0.333 e. The number of amides is 2. The Labute approximate surface area is 171 Å². The molecule has 4 rings (SSSR count). The Kier molecular flexibility index (Phi) is 5.54. The van der Waals surface area contributed by atoms with Crippen LogP contribution in [-0.2, 0) is 16.0 Å². The summed E-state index contributed by atoms with van der Waals surface area (Å²) < 4.78 is 0. The summed E-state index contributed by atoms with van der Waals surface area (Å²) in [6, 6.07) is 10.4. The molecule has 1 aliphatic carbocycles. The molecule has 1 fully saturated rings. The fraction of sp³-hybridized carbons (Fsp3) is 0.478. The van der Waals surface area contributed by atoms with Gasteiger partial charge < -0.3 is 9.80 Å². The van der Waals surface area contributed by atoms with Gasteiger partial charge in [0.05, 0.1) is 12.6 Å². The van der Waals surface area contributed by atoms with E-state index in [0.29, 0.717) is 13.1 Å². The molecule has 0 spiro atoms. The van der Waals surface area contributed by atoms with Gasteiger partial charge in [-0.1, -0.05) is 30.7 Å². The average molecular weight is 397 g/mol. The maximum absolute atomic E-state index is 13.4. The molecule has 2 aromatic rings. The lowest BCUT2D eigenvalue weighted by atomic mass is 9.84. The molecule has 1 saturated carbocycles. The van der Waals surface area contributed by atoms with Crippen LogP contribution in [0, 0.1) is 12.8 Å². The zero-order valence-corrected chi connectivity index (χ0v) is 17.5. The van der Waals surface area contributed by atoms with Crippen LogP contribution in [0.15, 0.2) is 35.7 Å². The summed E-state index contributed by atoms with van der Waals surface area (Å²) >= 11 is 1.78. The van der Waals surface area contributed by atoms with Crippen molar-refractivity contribution in [3.8, 4) is 0 Å². The summed E-state index contributed by atoms with van der Waals surface area (Å²) in [6.45, 7) is 5.56. The van der Waals surface area contributed by atoms with Gasteiger partial charge in [-0.3, -0.25) is 9.59 Å². The quantitative estimate of drug-likeness (QED) is 0.761. The molecule has 1 aliphatic heterocycles. The Morgan fingerprint density at radius 2 is 1.96 bits per heavy atom. The van der Waals surface area contributed by atoms with Crippen LogP contribution in [-0.4, -0.2) is 41.2 Å². The van der Waals surface area contributed by atoms with Gasteiger partial charge in [0.15, 0.2) is 0 Å². The van der Waals surface area contributed by atoms with Crippen molar-refractivity contribution in [3.05, 3.63) is 57.3 Å². The van der Waals surface area contributed by atoms with E-state index in [9.17, 15) is 9.59 Å². The van der Waals surface area contributed by atoms with E-state index < -0.39 is 0 Å². The number of carbonyl (C=O) groups is 2. The molecule has 28 heavy (non-hydrogen) atoms. The molecule has 4 nitrogen and oxygen atoms in total. The number of thiophene rings is 1. The monoisotopic (exact) mass is 396 g/mol. The maximum atomic E-state index is 13.4. The number of fused-ring (bicyclic) bond motifs is 1. The van der Waals surface area contributed by atoms with Gasteiger partial charge in [0, 0.05) is 23.9 Å². The van der Waals surface area contributed by atoms with E-state index in [0.717, 1.165) is 25.7 Å². The number of aryl methyl sites for hydroxylation is 1. The summed E-state index contributed by atoms with van der Waals surface area (Å²) in [6.07, 6.45) is 3.96. The summed E-state index contributed by atoms with van der Waals surface area (Å²) in [5.74, 6) is 0.340. The number of benzene rings is 1. The molecule has 5 heteroatoms. The van der Waals surface area contributed by atoms with Crippen LogP contribution in [0.1, 0.15) is 53.8 Å². The van der Waals surface area contributed by atoms with E-state index in [1.165, 1.54) is 21.6 Å². The van der Waals surface area contributed by atoms with Gasteiger partial charge in [-0.05, 0) is 61.2 Å². The minimum Gasteiger partial charge on any atom is -0.333 e. The van der Waals surface area contributed by atoms with Crippen LogP contribution < -0.4 is 0 Å². The summed E-state index contributed by atoms with van der Waals surface area (Å²) in [5.41, 5.74) is 3.62. The molecule has 2 aliphatic rings. The highest BCUT2D eigenvalue weighted by molar-refractivity contribution is 7.10. The van der Waals surface area contributed by atoms with Crippen molar-refractivity contribution < 1.29 is 9.59 Å². The van der Waals surface area contributed by atoms with E-state index in [1.807, 2.05) is 24.0 Å². The molecule has 0 bridgehead atoms. The Morgan fingerprint density at radius 1 is 1.18 bits per heavy atom. The third-order valence-corrected chi connectivity index (χ3v) is 7.24. The minimum atomic E-state index is -0.0544. The zero-order chi connectivity index (χ0) is 19.7. The first-order chi connectivity index (χ1) is 13.6. The van der Waals surface area contributed by atoms with Crippen molar-refractivity contribution in [1.82, 2.24) is 9.80 Å². The Hall–Kier alpha value is -2.14. The Balaban J connectivity index is 1.60. The van der Waals surface area contributed by atoms with Crippen molar-refractivity contribution in [3.63, 3.8) is 0 Å². The second-order valence-electron chi connectivity index (χ2n) is 7.88. The van der Waals surface area contributed by atoms with Gasteiger partial charge in [0.2, 0.25) is 11.8 Å². The minimum absolute atomic E-state index is 0.0544. The van der Waals surface area contributed by atoms with Crippen LogP contribution in [0.4, 0.5) is 0 Å². The first kappa shape index (κ1) is 19.2.